The van der Waals surface area contributed by atoms with Crippen LogP contribution in [-0.4, -0.2) is 63.7 Å². The van der Waals surface area contributed by atoms with E-state index in [1.54, 1.807) is 33.9 Å². The Hall–Kier alpha value is -4.09. The summed E-state index contributed by atoms with van der Waals surface area (Å²) < 4.78 is 39.1. The Morgan fingerprint density at radius 1 is 1.30 bits per heavy atom. The number of rotatable bonds is 6. The molecule has 1 aromatic carbocycles. The van der Waals surface area contributed by atoms with Gasteiger partial charge < -0.3 is 29.2 Å². The van der Waals surface area contributed by atoms with Crippen LogP contribution in [0.5, 0.6) is 11.5 Å². The number of hydrogen-bond acceptors (Lipinski definition) is 9. The fourth-order valence-electron chi connectivity index (χ4n) is 4.92. The molecular weight excluding hydrogens is 521 g/mol. The van der Waals surface area contributed by atoms with Crippen LogP contribution in [0.1, 0.15) is 63.0 Å². The molecule has 1 unspecified atom stereocenters. The number of carbonyl (C=O) groups excluding carboxylic acids is 2. The SMILES string of the molecule is CCOC(=O)c1cnn2cc3c(nc12)N(Cc1cc(F)cc2c1OC(C)(CNC(=O)OC(C)(C)C)C2)[C@H](C)CO3. The first-order valence-corrected chi connectivity index (χ1v) is 13.3. The molecule has 0 radical (unpaired) electrons. The predicted octanol–water partition coefficient (Wildman–Crippen LogP) is 4.05. The van der Waals surface area contributed by atoms with E-state index >= 15 is 0 Å². The maximum Gasteiger partial charge on any atom is 0.407 e. The van der Waals surface area contributed by atoms with Crippen LogP contribution in [0.15, 0.2) is 24.5 Å². The molecule has 1 N–H and O–H groups in total. The largest absolute Gasteiger partial charge is 0.486 e. The Balaban J connectivity index is 1.42. The van der Waals surface area contributed by atoms with Crippen molar-refractivity contribution < 1.29 is 32.9 Å². The maximum absolute atomic E-state index is 14.8. The lowest BCUT2D eigenvalue weighted by Gasteiger charge is -2.36. The summed E-state index contributed by atoms with van der Waals surface area (Å²) in [5, 5.41) is 7.00. The normalized spacial score (nSPS) is 19.9. The lowest BCUT2D eigenvalue weighted by molar-refractivity contribution is 0.0447. The Morgan fingerprint density at radius 3 is 2.80 bits per heavy atom. The van der Waals surface area contributed by atoms with Crippen molar-refractivity contribution in [3.63, 3.8) is 0 Å². The number of benzene rings is 1. The summed E-state index contributed by atoms with van der Waals surface area (Å²) in [6, 6.07) is 2.81. The minimum Gasteiger partial charge on any atom is -0.486 e. The lowest BCUT2D eigenvalue weighted by Crippen LogP contribution is -2.45. The molecule has 12 heteroatoms. The number of carbonyl (C=O) groups is 2. The number of halogens is 1. The number of aromatic nitrogens is 3. The maximum atomic E-state index is 14.8. The molecule has 0 saturated carbocycles. The second-order valence-corrected chi connectivity index (χ2v) is 11.4. The zero-order valence-electron chi connectivity index (χ0n) is 23.5. The Morgan fingerprint density at radius 2 is 2.08 bits per heavy atom. The van der Waals surface area contributed by atoms with E-state index in [1.165, 1.54) is 22.8 Å². The molecule has 2 aliphatic rings. The van der Waals surface area contributed by atoms with Crippen LogP contribution in [-0.2, 0) is 22.4 Å². The van der Waals surface area contributed by atoms with E-state index in [4.69, 9.17) is 23.9 Å². The Labute approximate surface area is 231 Å². The van der Waals surface area contributed by atoms with E-state index in [2.05, 4.69) is 10.4 Å². The molecule has 40 heavy (non-hydrogen) atoms. The van der Waals surface area contributed by atoms with Crippen molar-refractivity contribution in [2.24, 2.45) is 0 Å². The highest BCUT2D eigenvalue weighted by atomic mass is 19.1. The zero-order valence-corrected chi connectivity index (χ0v) is 23.5. The topological polar surface area (TPSA) is 117 Å². The molecule has 0 aliphatic carbocycles. The average molecular weight is 556 g/mol. The minimum absolute atomic E-state index is 0.114. The summed E-state index contributed by atoms with van der Waals surface area (Å²) in [5.74, 6) is 0.670. The number of hydrogen-bond donors (Lipinski definition) is 1. The van der Waals surface area contributed by atoms with Gasteiger partial charge in [-0.1, -0.05) is 0 Å². The summed E-state index contributed by atoms with van der Waals surface area (Å²) >= 11 is 0. The standard InChI is InChI=1S/C28H34FN5O6/c1-7-37-25(35)20-11-31-34-13-21-24(32-23(20)34)33(16(2)14-38-21)12-18-9-19(29)8-17-10-28(6,39-22(17)18)15-30-26(36)40-27(3,4)5/h8-9,11,13,16H,7,10,12,14-15H2,1-6H3,(H,30,36)/t16-,28?/m1/s1. The zero-order chi connectivity index (χ0) is 28.8. The highest BCUT2D eigenvalue weighted by Crippen LogP contribution is 2.41. The van der Waals surface area contributed by atoms with Gasteiger partial charge in [-0.2, -0.15) is 5.10 Å². The van der Waals surface area contributed by atoms with Gasteiger partial charge >= 0.3 is 12.1 Å². The first-order valence-electron chi connectivity index (χ1n) is 13.3. The number of esters is 1. The van der Waals surface area contributed by atoms with Gasteiger partial charge in [0.1, 0.15) is 34.9 Å². The van der Waals surface area contributed by atoms with Gasteiger partial charge in [0.15, 0.2) is 17.2 Å². The molecule has 11 nitrogen and oxygen atoms in total. The molecule has 2 aromatic heterocycles. The molecule has 3 aromatic rings. The lowest BCUT2D eigenvalue weighted by atomic mass is 9.98. The smallest absolute Gasteiger partial charge is 0.407 e. The first-order chi connectivity index (χ1) is 18.9. The van der Waals surface area contributed by atoms with E-state index in [0.29, 0.717) is 47.1 Å². The van der Waals surface area contributed by atoms with Crippen LogP contribution in [0, 0.1) is 5.82 Å². The van der Waals surface area contributed by atoms with E-state index < -0.39 is 23.3 Å². The summed E-state index contributed by atoms with van der Waals surface area (Å²) in [5.41, 5.74) is 0.518. The summed E-state index contributed by atoms with van der Waals surface area (Å²) in [6.07, 6.45) is 2.96. The number of nitrogens with zero attached hydrogens (tertiary/aromatic N) is 4. The Kier molecular flexibility index (Phi) is 6.97. The molecule has 214 valence electrons. The van der Waals surface area contributed by atoms with Gasteiger partial charge in [-0.05, 0) is 53.7 Å². The fourth-order valence-corrected chi connectivity index (χ4v) is 4.92. The van der Waals surface area contributed by atoms with Crippen molar-refractivity contribution in [3.05, 3.63) is 47.0 Å². The molecule has 5 rings (SSSR count). The molecule has 0 saturated heterocycles. The van der Waals surface area contributed by atoms with Crippen molar-refractivity contribution in [2.75, 3.05) is 24.7 Å². The molecule has 0 fully saturated rings. The summed E-state index contributed by atoms with van der Waals surface area (Å²) in [6.45, 7) is 12.0. The van der Waals surface area contributed by atoms with Gasteiger partial charge in [0.05, 0.1) is 31.6 Å². The van der Waals surface area contributed by atoms with Gasteiger partial charge in [0.2, 0.25) is 0 Å². The molecule has 0 bridgehead atoms. The monoisotopic (exact) mass is 555 g/mol. The molecule has 4 heterocycles. The predicted molar refractivity (Wildman–Crippen MR) is 143 cm³/mol. The third-order valence-electron chi connectivity index (χ3n) is 6.69. The van der Waals surface area contributed by atoms with Crippen molar-refractivity contribution in [1.82, 2.24) is 19.9 Å². The number of ether oxygens (including phenoxy) is 4. The first kappa shape index (κ1) is 27.5. The molecule has 2 atom stereocenters. The number of nitrogens with one attached hydrogen (secondary N) is 1. The quantitative estimate of drug-likeness (QED) is 0.450. The molecule has 0 spiro atoms. The second kappa shape index (κ2) is 10.1. The molecular formula is C28H34FN5O6. The van der Waals surface area contributed by atoms with Gasteiger partial charge in [-0.3, -0.25) is 0 Å². The van der Waals surface area contributed by atoms with Crippen LogP contribution >= 0.6 is 0 Å². The highest BCUT2D eigenvalue weighted by molar-refractivity contribution is 5.96. The molecule has 2 aliphatic heterocycles. The second-order valence-electron chi connectivity index (χ2n) is 11.4. The fraction of sp³-hybridized carbons (Fsp3) is 0.500. The van der Waals surface area contributed by atoms with Crippen molar-refractivity contribution >= 4 is 23.5 Å². The van der Waals surface area contributed by atoms with E-state index in [-0.39, 0.29) is 37.1 Å². The number of alkyl carbamates (subject to hydrolysis) is 1. The van der Waals surface area contributed by atoms with Gasteiger partial charge in [0.25, 0.3) is 0 Å². The third-order valence-corrected chi connectivity index (χ3v) is 6.69. The summed E-state index contributed by atoms with van der Waals surface area (Å²) in [4.78, 5) is 31.4. The average Bonchev–Trinajstić information content (AvgIpc) is 3.43. The molecule has 1 amide bonds. The Bertz CT molecular complexity index is 1470. The third kappa shape index (κ3) is 5.47. The van der Waals surface area contributed by atoms with Gasteiger partial charge in [-0.25, -0.2) is 23.5 Å². The van der Waals surface area contributed by atoms with Crippen molar-refractivity contribution in [3.8, 4) is 11.5 Å². The van der Waals surface area contributed by atoms with Crippen molar-refractivity contribution in [1.29, 1.82) is 0 Å². The number of anilines is 1. The van der Waals surface area contributed by atoms with Crippen LogP contribution in [0.25, 0.3) is 5.65 Å². The van der Waals surface area contributed by atoms with Crippen LogP contribution in [0.3, 0.4) is 0 Å². The van der Waals surface area contributed by atoms with E-state index in [9.17, 15) is 14.0 Å². The van der Waals surface area contributed by atoms with E-state index in [0.717, 1.165) is 0 Å². The van der Waals surface area contributed by atoms with Crippen molar-refractivity contribution in [2.45, 2.75) is 71.8 Å². The van der Waals surface area contributed by atoms with E-state index in [1.807, 2.05) is 18.7 Å². The van der Waals surface area contributed by atoms with Gasteiger partial charge in [0, 0.05) is 24.1 Å². The number of amides is 1. The van der Waals surface area contributed by atoms with Crippen LogP contribution < -0.4 is 19.7 Å². The highest BCUT2D eigenvalue weighted by Gasteiger charge is 2.38. The number of fused-ring (bicyclic) bond motifs is 3. The van der Waals surface area contributed by atoms with Crippen LogP contribution in [0.4, 0.5) is 15.0 Å². The minimum atomic E-state index is -0.785. The van der Waals surface area contributed by atoms with Gasteiger partial charge in [-0.15, -0.1) is 0 Å². The van der Waals surface area contributed by atoms with Crippen LogP contribution in [0.2, 0.25) is 0 Å². The summed E-state index contributed by atoms with van der Waals surface area (Å²) in [7, 11) is 0.